The van der Waals surface area contributed by atoms with Crippen LogP contribution in [0.2, 0.25) is 0 Å². The first kappa shape index (κ1) is 12.4. The Balaban J connectivity index is 2.44. The average molecular weight is 247 g/mol. The molecule has 1 heterocycles. The van der Waals surface area contributed by atoms with E-state index in [-0.39, 0.29) is 12.7 Å². The number of halogens is 1. The van der Waals surface area contributed by atoms with E-state index < -0.39 is 25.4 Å². The molecule has 1 fully saturated rings. The van der Waals surface area contributed by atoms with Crippen LogP contribution in [0, 0.1) is 0 Å². The van der Waals surface area contributed by atoms with Crippen LogP contribution in [0.1, 0.15) is 6.92 Å². The fourth-order valence-corrected chi connectivity index (χ4v) is 1.79. The van der Waals surface area contributed by atoms with E-state index in [0.29, 0.717) is 0 Å². The molecule has 0 amide bonds. The highest BCUT2D eigenvalue weighted by Gasteiger charge is 2.41. The highest BCUT2D eigenvalue weighted by molar-refractivity contribution is 7.46. The number of phosphoric ester groups is 1. The van der Waals surface area contributed by atoms with Gasteiger partial charge in [-0.25, -0.2) is 4.57 Å². The number of hydrogen-bond acceptors (Lipinski definition) is 4. The summed E-state index contributed by atoms with van der Waals surface area (Å²) in [5, 5.41) is 8.85. The lowest BCUT2D eigenvalue weighted by molar-refractivity contribution is -0.0168. The third-order valence-electron chi connectivity index (χ3n) is 1.95. The molecule has 8 heteroatoms. The third kappa shape index (κ3) is 3.17. The number of phosphoric acid groups is 1. The van der Waals surface area contributed by atoms with Crippen molar-refractivity contribution in [2.24, 2.45) is 0 Å². The van der Waals surface area contributed by atoms with Crippen molar-refractivity contribution < 1.29 is 28.7 Å². The predicted molar refractivity (Wildman–Crippen MR) is 48.0 cm³/mol. The van der Waals surface area contributed by atoms with Gasteiger partial charge in [-0.05, 0) is 6.92 Å². The van der Waals surface area contributed by atoms with E-state index in [1.54, 1.807) is 6.92 Å². The quantitative estimate of drug-likeness (QED) is 0.473. The first-order valence-corrected chi connectivity index (χ1v) is 5.95. The van der Waals surface area contributed by atoms with E-state index in [1.165, 1.54) is 0 Å². The number of aliphatic hydroxyl groups excluding tert-OH is 1. The van der Waals surface area contributed by atoms with Crippen LogP contribution < -0.4 is 0 Å². The van der Waals surface area contributed by atoms with E-state index in [2.05, 4.69) is 4.52 Å². The van der Waals surface area contributed by atoms with Crippen LogP contribution >= 0.6 is 19.4 Å². The van der Waals surface area contributed by atoms with Crippen LogP contribution in [0.4, 0.5) is 0 Å². The summed E-state index contributed by atoms with van der Waals surface area (Å²) in [5.74, 6) is 0. The summed E-state index contributed by atoms with van der Waals surface area (Å²) in [4.78, 5) is 16.8. The van der Waals surface area contributed by atoms with Crippen molar-refractivity contribution in [3.05, 3.63) is 0 Å². The topological polar surface area (TPSA) is 96.2 Å². The fourth-order valence-electron chi connectivity index (χ4n) is 1.22. The molecule has 0 aromatic carbocycles. The Bertz CT molecular complexity index is 242. The Morgan fingerprint density at radius 3 is 2.50 bits per heavy atom. The standard InChI is InChI=1S/C6H12ClO6P/c1-3-5(7)6(8)4(13-3)2-12-14(9,10)11/h3-6,8H,2H2,1H3,(H2,9,10,11)/t3-,4+,5-,6+/m0/s1. The van der Waals surface area contributed by atoms with Gasteiger partial charge in [0.15, 0.2) is 0 Å². The van der Waals surface area contributed by atoms with Gasteiger partial charge in [0.25, 0.3) is 0 Å². The molecule has 0 radical (unpaired) electrons. The molecule has 1 rings (SSSR count). The first-order chi connectivity index (χ1) is 6.31. The summed E-state index contributed by atoms with van der Waals surface area (Å²) in [6.07, 6.45) is -2.13. The van der Waals surface area contributed by atoms with E-state index in [9.17, 15) is 9.67 Å². The molecule has 0 spiro atoms. The number of hydrogen-bond donors (Lipinski definition) is 3. The maximum absolute atomic E-state index is 10.4. The minimum Gasteiger partial charge on any atom is -0.389 e. The second-order valence-electron chi connectivity index (χ2n) is 3.10. The average Bonchev–Trinajstić information content (AvgIpc) is 2.28. The zero-order valence-electron chi connectivity index (χ0n) is 7.41. The molecule has 84 valence electrons. The SMILES string of the molecule is C[C@@H]1O[C@H](COP(=O)(O)O)[C@@H](O)[C@H]1Cl. The van der Waals surface area contributed by atoms with Crippen LogP contribution in [-0.4, -0.2) is 45.2 Å². The normalized spacial score (nSPS) is 38.9. The summed E-state index contributed by atoms with van der Waals surface area (Å²) in [7, 11) is -4.52. The van der Waals surface area contributed by atoms with Crippen LogP contribution in [-0.2, 0) is 13.8 Å². The van der Waals surface area contributed by atoms with Crippen LogP contribution in [0.25, 0.3) is 0 Å². The predicted octanol–water partition coefficient (Wildman–Crippen LogP) is -0.149. The van der Waals surface area contributed by atoms with Gasteiger partial charge in [0.1, 0.15) is 12.2 Å². The van der Waals surface area contributed by atoms with E-state index in [4.69, 9.17) is 26.1 Å². The first-order valence-electron chi connectivity index (χ1n) is 3.99. The Morgan fingerprint density at radius 2 is 2.14 bits per heavy atom. The molecule has 0 saturated carbocycles. The van der Waals surface area contributed by atoms with Crippen LogP contribution in [0.3, 0.4) is 0 Å². The van der Waals surface area contributed by atoms with Gasteiger partial charge in [0, 0.05) is 0 Å². The van der Waals surface area contributed by atoms with Gasteiger partial charge >= 0.3 is 7.82 Å². The number of ether oxygens (including phenoxy) is 1. The zero-order chi connectivity index (χ0) is 10.9. The maximum atomic E-state index is 10.4. The fraction of sp³-hybridized carbons (Fsp3) is 1.00. The minimum absolute atomic E-state index is 0.364. The number of aliphatic hydroxyl groups is 1. The van der Waals surface area contributed by atoms with Gasteiger partial charge in [-0.3, -0.25) is 4.52 Å². The molecule has 1 saturated heterocycles. The monoisotopic (exact) mass is 246 g/mol. The van der Waals surface area contributed by atoms with Crippen molar-refractivity contribution in [2.75, 3.05) is 6.61 Å². The van der Waals surface area contributed by atoms with Crippen LogP contribution in [0.5, 0.6) is 0 Å². The zero-order valence-corrected chi connectivity index (χ0v) is 9.06. The molecule has 0 aromatic rings. The molecular weight excluding hydrogens is 234 g/mol. The highest BCUT2D eigenvalue weighted by Crippen LogP contribution is 2.37. The smallest absolute Gasteiger partial charge is 0.389 e. The highest BCUT2D eigenvalue weighted by atomic mass is 35.5. The molecule has 4 atom stereocenters. The van der Waals surface area contributed by atoms with Crippen molar-refractivity contribution in [3.8, 4) is 0 Å². The lowest BCUT2D eigenvalue weighted by Gasteiger charge is -2.14. The Kier molecular flexibility index (Phi) is 3.94. The van der Waals surface area contributed by atoms with Gasteiger partial charge in [-0.15, -0.1) is 11.6 Å². The van der Waals surface area contributed by atoms with Crippen molar-refractivity contribution in [1.82, 2.24) is 0 Å². The largest absolute Gasteiger partial charge is 0.469 e. The minimum atomic E-state index is -4.52. The van der Waals surface area contributed by atoms with Crippen molar-refractivity contribution in [2.45, 2.75) is 30.6 Å². The van der Waals surface area contributed by atoms with Crippen molar-refractivity contribution in [1.29, 1.82) is 0 Å². The van der Waals surface area contributed by atoms with Gasteiger partial charge in [-0.2, -0.15) is 0 Å². The molecule has 14 heavy (non-hydrogen) atoms. The summed E-state index contributed by atoms with van der Waals surface area (Å²) >= 11 is 5.73. The Hall–Kier alpha value is 0.320. The van der Waals surface area contributed by atoms with Gasteiger partial charge in [-0.1, -0.05) is 0 Å². The van der Waals surface area contributed by atoms with E-state index in [0.717, 1.165) is 0 Å². The molecule has 3 N–H and O–H groups in total. The molecule has 0 bridgehead atoms. The number of rotatable bonds is 3. The van der Waals surface area contributed by atoms with Gasteiger partial charge in [0.2, 0.25) is 0 Å². The molecular formula is C6H12ClO6P. The third-order valence-corrected chi connectivity index (χ3v) is 3.05. The summed E-state index contributed by atoms with van der Waals surface area (Å²) in [6.45, 7) is 1.29. The molecule has 0 aliphatic carbocycles. The summed E-state index contributed by atoms with van der Waals surface area (Å²) < 4.78 is 19.7. The Morgan fingerprint density at radius 1 is 1.57 bits per heavy atom. The second kappa shape index (κ2) is 4.45. The summed E-state index contributed by atoms with van der Waals surface area (Å²) in [6, 6.07) is 0. The molecule has 1 aliphatic rings. The molecule has 0 aromatic heterocycles. The second-order valence-corrected chi connectivity index (χ2v) is 4.84. The van der Waals surface area contributed by atoms with E-state index in [1.807, 2.05) is 0 Å². The van der Waals surface area contributed by atoms with Gasteiger partial charge < -0.3 is 19.6 Å². The van der Waals surface area contributed by atoms with Gasteiger partial charge in [0.05, 0.1) is 18.1 Å². The number of alkyl halides is 1. The van der Waals surface area contributed by atoms with Crippen molar-refractivity contribution >= 4 is 19.4 Å². The summed E-state index contributed by atoms with van der Waals surface area (Å²) in [5.41, 5.74) is 0. The lowest BCUT2D eigenvalue weighted by atomic mass is 10.1. The van der Waals surface area contributed by atoms with E-state index >= 15 is 0 Å². The molecule has 1 aliphatic heterocycles. The van der Waals surface area contributed by atoms with Crippen LogP contribution in [0.15, 0.2) is 0 Å². The molecule has 6 nitrogen and oxygen atoms in total. The maximum Gasteiger partial charge on any atom is 0.469 e. The Labute approximate surface area is 86.0 Å². The molecule has 0 unspecified atom stereocenters. The van der Waals surface area contributed by atoms with Crippen molar-refractivity contribution in [3.63, 3.8) is 0 Å². The lowest BCUT2D eigenvalue weighted by Crippen LogP contribution is -2.30.